The van der Waals surface area contributed by atoms with Gasteiger partial charge in [-0.25, -0.2) is 14.5 Å². The van der Waals surface area contributed by atoms with Crippen molar-refractivity contribution in [1.29, 1.82) is 0 Å². The van der Waals surface area contributed by atoms with E-state index in [2.05, 4.69) is 16.1 Å². The first kappa shape index (κ1) is 30.2. The van der Waals surface area contributed by atoms with Crippen LogP contribution in [0.1, 0.15) is 75.9 Å². The zero-order chi connectivity index (χ0) is 28.6. The van der Waals surface area contributed by atoms with Crippen LogP contribution in [0.4, 0.5) is 13.2 Å². The molecule has 1 heterocycles. The maximum Gasteiger partial charge on any atom is 0.416 e. The highest BCUT2D eigenvalue weighted by Gasteiger charge is 2.32. The lowest BCUT2D eigenvalue weighted by atomic mass is 10.0. The number of hydrogen-bond acceptors (Lipinski definition) is 5. The Morgan fingerprint density at radius 1 is 0.974 bits per heavy atom. The van der Waals surface area contributed by atoms with E-state index >= 15 is 0 Å². The summed E-state index contributed by atoms with van der Waals surface area (Å²) in [6, 6.07) is 10.9. The van der Waals surface area contributed by atoms with Crippen LogP contribution in [-0.4, -0.2) is 32.9 Å². The van der Waals surface area contributed by atoms with Crippen LogP contribution in [-0.2, 0) is 35.1 Å². The molecule has 0 atom stereocenters. The molecule has 0 radical (unpaired) electrons. The second-order valence-corrected chi connectivity index (χ2v) is 10.2. The molecule has 0 aliphatic rings. The first-order valence-electron chi connectivity index (χ1n) is 13.5. The maximum atomic E-state index is 12.9. The number of aryl methyl sites for hydroxylation is 4. The fraction of sp³-hybridized carbons (Fsp3) is 0.500. The normalized spacial score (nSPS) is 12.0. The van der Waals surface area contributed by atoms with Crippen LogP contribution in [0.2, 0.25) is 0 Å². The smallest absolute Gasteiger partial charge is 0.416 e. The number of alkyl halides is 3. The Morgan fingerprint density at radius 3 is 2.31 bits per heavy atom. The van der Waals surface area contributed by atoms with Crippen molar-refractivity contribution in [3.05, 3.63) is 65.0 Å². The van der Waals surface area contributed by atoms with Crippen LogP contribution in [0.15, 0.2) is 42.5 Å². The highest BCUT2D eigenvalue weighted by Crippen LogP contribution is 2.30. The van der Waals surface area contributed by atoms with E-state index in [0.29, 0.717) is 36.7 Å². The number of unbranched alkanes of at least 4 members (excludes halogenated alkanes) is 1. The molecule has 39 heavy (non-hydrogen) atoms. The van der Waals surface area contributed by atoms with E-state index in [4.69, 9.17) is 9.47 Å². The van der Waals surface area contributed by atoms with Gasteiger partial charge in [0.15, 0.2) is 11.4 Å². The lowest BCUT2D eigenvalue weighted by Crippen LogP contribution is -2.40. The lowest BCUT2D eigenvalue weighted by Gasteiger charge is -2.25. The minimum absolute atomic E-state index is 0.383. The zero-order valence-electron chi connectivity index (χ0n) is 23.4. The molecule has 0 N–H and O–H groups in total. The summed E-state index contributed by atoms with van der Waals surface area (Å²) in [5.74, 6) is 1.50. The topological polar surface area (TPSA) is 66.2 Å². The third kappa shape index (κ3) is 8.31. The van der Waals surface area contributed by atoms with Crippen molar-refractivity contribution in [2.24, 2.45) is 0 Å². The Morgan fingerprint density at radius 2 is 1.69 bits per heavy atom. The Labute approximate surface area is 228 Å². The van der Waals surface area contributed by atoms with E-state index in [0.717, 1.165) is 61.2 Å². The van der Waals surface area contributed by atoms with Gasteiger partial charge in [0, 0.05) is 18.5 Å². The lowest BCUT2D eigenvalue weighted by molar-refractivity contribution is -0.159. The molecule has 0 spiro atoms. The first-order valence-corrected chi connectivity index (χ1v) is 13.5. The average Bonchev–Trinajstić information content (AvgIpc) is 3.28. The van der Waals surface area contributed by atoms with E-state index in [9.17, 15) is 18.0 Å². The second kappa shape index (κ2) is 13.1. The Balaban J connectivity index is 1.63. The average molecular weight is 546 g/mol. The maximum absolute atomic E-state index is 12.9. The van der Waals surface area contributed by atoms with Crippen LogP contribution in [0.5, 0.6) is 5.75 Å². The number of ether oxygens (including phenoxy) is 2. The van der Waals surface area contributed by atoms with Gasteiger partial charge in [-0.1, -0.05) is 44.5 Å². The Bertz CT molecular complexity index is 1230. The van der Waals surface area contributed by atoms with E-state index in [1.54, 1.807) is 13.8 Å². The van der Waals surface area contributed by atoms with Crippen molar-refractivity contribution in [2.45, 2.75) is 91.5 Å². The second-order valence-electron chi connectivity index (χ2n) is 10.2. The SMILES string of the molecule is CCCCOC(=O)C(C)(C)Oc1ccc(CCCc2nc(-c3ccc(C(F)(F)F)cc3)nn2CCC)cc1C. The molecular weight excluding hydrogens is 507 g/mol. The summed E-state index contributed by atoms with van der Waals surface area (Å²) in [4.78, 5) is 17.1. The number of aromatic nitrogens is 3. The highest BCUT2D eigenvalue weighted by atomic mass is 19.4. The van der Waals surface area contributed by atoms with Crippen molar-refractivity contribution >= 4 is 5.97 Å². The summed E-state index contributed by atoms with van der Waals surface area (Å²) in [6.45, 7) is 10.5. The molecule has 0 bridgehead atoms. The van der Waals surface area contributed by atoms with Crippen molar-refractivity contribution in [1.82, 2.24) is 14.8 Å². The van der Waals surface area contributed by atoms with Gasteiger partial charge in [-0.15, -0.1) is 0 Å². The number of hydrogen-bond donors (Lipinski definition) is 0. The van der Waals surface area contributed by atoms with Gasteiger partial charge in [-0.3, -0.25) is 0 Å². The Hall–Kier alpha value is -3.36. The molecule has 3 aromatic rings. The van der Waals surface area contributed by atoms with Gasteiger partial charge in [0.2, 0.25) is 0 Å². The molecular formula is C30H38F3N3O3. The van der Waals surface area contributed by atoms with Gasteiger partial charge >= 0.3 is 12.1 Å². The largest absolute Gasteiger partial charge is 0.476 e. The van der Waals surface area contributed by atoms with Gasteiger partial charge in [-0.05, 0) is 75.8 Å². The van der Waals surface area contributed by atoms with Gasteiger partial charge in [0.25, 0.3) is 0 Å². The van der Waals surface area contributed by atoms with Gasteiger partial charge in [0.1, 0.15) is 11.6 Å². The van der Waals surface area contributed by atoms with Crippen molar-refractivity contribution in [3.8, 4) is 17.1 Å². The monoisotopic (exact) mass is 545 g/mol. The minimum Gasteiger partial charge on any atom is -0.476 e. The van der Waals surface area contributed by atoms with Crippen molar-refractivity contribution in [3.63, 3.8) is 0 Å². The summed E-state index contributed by atoms with van der Waals surface area (Å²) in [5.41, 5.74) is 0.839. The molecule has 0 saturated carbocycles. The molecule has 0 fully saturated rings. The fourth-order valence-electron chi connectivity index (χ4n) is 4.11. The van der Waals surface area contributed by atoms with Gasteiger partial charge in [0.05, 0.1) is 12.2 Å². The molecule has 212 valence electrons. The van der Waals surface area contributed by atoms with Crippen molar-refractivity contribution in [2.75, 3.05) is 6.61 Å². The van der Waals surface area contributed by atoms with Crippen molar-refractivity contribution < 1.29 is 27.4 Å². The molecule has 0 aliphatic carbocycles. The third-order valence-corrected chi connectivity index (χ3v) is 6.35. The number of rotatable bonds is 13. The molecule has 2 aromatic carbocycles. The number of carbonyl (C=O) groups excluding carboxylic acids is 1. The zero-order valence-corrected chi connectivity index (χ0v) is 23.4. The standard InChI is InChI=1S/C30H38F3N3O3/c1-6-8-19-38-28(37)29(4,5)39-25-17-12-22(20-21(25)3)10-9-11-26-34-27(35-36(26)18-7-2)23-13-15-24(16-14-23)30(31,32)33/h12-17,20H,6-11,18-19H2,1-5H3. The predicted octanol–water partition coefficient (Wildman–Crippen LogP) is 7.36. The molecule has 0 amide bonds. The van der Waals surface area contributed by atoms with Gasteiger partial charge in [-0.2, -0.15) is 18.3 Å². The molecule has 0 saturated heterocycles. The van der Waals surface area contributed by atoms with E-state index in [1.807, 2.05) is 37.6 Å². The minimum atomic E-state index is -4.38. The summed E-state index contributed by atoms with van der Waals surface area (Å²) in [6.07, 6.45) is 0.570. The molecule has 0 unspecified atom stereocenters. The van der Waals surface area contributed by atoms with E-state index < -0.39 is 17.3 Å². The number of nitrogens with zero attached hydrogens (tertiary/aromatic N) is 3. The number of carbonyl (C=O) groups is 1. The fourth-order valence-corrected chi connectivity index (χ4v) is 4.11. The van der Waals surface area contributed by atoms with Crippen LogP contribution in [0, 0.1) is 6.92 Å². The quantitative estimate of drug-likeness (QED) is 0.166. The highest BCUT2D eigenvalue weighted by molar-refractivity contribution is 5.79. The van der Waals surface area contributed by atoms with E-state index in [-0.39, 0.29) is 5.97 Å². The predicted molar refractivity (Wildman–Crippen MR) is 145 cm³/mol. The molecule has 3 rings (SSSR count). The summed E-state index contributed by atoms with van der Waals surface area (Å²) in [5, 5.41) is 4.56. The van der Waals surface area contributed by atoms with E-state index in [1.165, 1.54) is 12.1 Å². The first-order chi connectivity index (χ1) is 18.4. The van der Waals surface area contributed by atoms with Crippen LogP contribution in [0.25, 0.3) is 11.4 Å². The number of esters is 1. The van der Waals surface area contributed by atoms with Crippen LogP contribution in [0.3, 0.4) is 0 Å². The van der Waals surface area contributed by atoms with Gasteiger partial charge < -0.3 is 9.47 Å². The third-order valence-electron chi connectivity index (χ3n) is 6.35. The van der Waals surface area contributed by atoms with Crippen LogP contribution >= 0.6 is 0 Å². The molecule has 9 heteroatoms. The number of benzene rings is 2. The molecule has 0 aliphatic heterocycles. The summed E-state index contributed by atoms with van der Waals surface area (Å²) >= 11 is 0. The molecule has 6 nitrogen and oxygen atoms in total. The summed E-state index contributed by atoms with van der Waals surface area (Å²) < 4.78 is 51.9. The number of halogens is 3. The summed E-state index contributed by atoms with van der Waals surface area (Å²) in [7, 11) is 0. The van der Waals surface area contributed by atoms with Crippen LogP contribution < -0.4 is 4.74 Å². The molecule has 1 aromatic heterocycles. The Kier molecular flexibility index (Phi) is 10.2.